The minimum absolute atomic E-state index is 0.0459. The minimum atomic E-state index is -3.87. The fraction of sp³-hybridized carbons (Fsp3) is 0.143. The van der Waals surface area contributed by atoms with Crippen LogP contribution in [0.1, 0.15) is 5.56 Å². The normalized spacial score (nSPS) is 11.9. The first kappa shape index (κ1) is 15.5. The zero-order valence-corrected chi connectivity index (χ0v) is 11.9. The van der Waals surface area contributed by atoms with E-state index in [-0.39, 0.29) is 17.0 Å². The van der Waals surface area contributed by atoms with E-state index in [4.69, 9.17) is 0 Å². The van der Waals surface area contributed by atoms with Gasteiger partial charge in [0.15, 0.2) is 0 Å². The van der Waals surface area contributed by atoms with Crippen LogP contribution in [0.5, 0.6) is 0 Å². The average molecular weight is 315 g/mol. The van der Waals surface area contributed by atoms with Crippen molar-refractivity contribution in [2.75, 3.05) is 7.05 Å². The lowest BCUT2D eigenvalue weighted by Gasteiger charge is -2.17. The quantitative estimate of drug-likeness (QED) is 0.870. The zero-order chi connectivity index (χ0) is 15.6. The number of hydrogen-bond acceptors (Lipinski definition) is 2. The predicted molar refractivity (Wildman–Crippen MR) is 71.4 cm³/mol. The van der Waals surface area contributed by atoms with Crippen LogP contribution in [-0.2, 0) is 16.6 Å². The largest absolute Gasteiger partial charge is 0.243 e. The fourth-order valence-corrected chi connectivity index (χ4v) is 2.91. The van der Waals surface area contributed by atoms with Crippen molar-refractivity contribution in [1.82, 2.24) is 4.31 Å². The van der Waals surface area contributed by atoms with E-state index in [0.717, 1.165) is 34.6 Å². The van der Waals surface area contributed by atoms with E-state index in [1.54, 1.807) is 0 Å². The van der Waals surface area contributed by atoms with Crippen molar-refractivity contribution in [1.29, 1.82) is 0 Å². The molecule has 0 amide bonds. The Hall–Kier alpha value is -1.86. The number of halogens is 3. The van der Waals surface area contributed by atoms with Gasteiger partial charge in [0.25, 0.3) is 0 Å². The van der Waals surface area contributed by atoms with Crippen molar-refractivity contribution in [2.24, 2.45) is 0 Å². The topological polar surface area (TPSA) is 37.4 Å². The number of rotatable bonds is 4. The van der Waals surface area contributed by atoms with Crippen LogP contribution in [0.3, 0.4) is 0 Å². The monoisotopic (exact) mass is 315 g/mol. The Morgan fingerprint density at radius 3 is 2.10 bits per heavy atom. The van der Waals surface area contributed by atoms with Gasteiger partial charge in [-0.05, 0) is 30.3 Å². The molecule has 21 heavy (non-hydrogen) atoms. The summed E-state index contributed by atoms with van der Waals surface area (Å²) in [5.41, 5.74) is 0.0459. The molecule has 0 aliphatic rings. The second-order valence-electron chi connectivity index (χ2n) is 4.45. The molecule has 112 valence electrons. The molecule has 0 atom stereocenters. The summed E-state index contributed by atoms with van der Waals surface area (Å²) in [6.07, 6.45) is 0. The summed E-state index contributed by atoms with van der Waals surface area (Å²) in [6, 6.07) is 7.23. The van der Waals surface area contributed by atoms with Gasteiger partial charge in [0.1, 0.15) is 17.5 Å². The van der Waals surface area contributed by atoms with Crippen LogP contribution in [0.2, 0.25) is 0 Å². The van der Waals surface area contributed by atoms with E-state index in [9.17, 15) is 21.6 Å². The Morgan fingerprint density at radius 2 is 1.52 bits per heavy atom. The van der Waals surface area contributed by atoms with Gasteiger partial charge < -0.3 is 0 Å². The highest BCUT2D eigenvalue weighted by molar-refractivity contribution is 7.89. The van der Waals surface area contributed by atoms with Crippen LogP contribution < -0.4 is 0 Å². The molecule has 0 heterocycles. The molecule has 0 fully saturated rings. The SMILES string of the molecule is CN(Cc1ccc(F)cc1F)S(=O)(=O)c1ccc(F)cc1. The molecule has 2 aromatic carbocycles. The van der Waals surface area contributed by atoms with E-state index in [1.165, 1.54) is 13.1 Å². The smallest absolute Gasteiger partial charge is 0.207 e. The van der Waals surface area contributed by atoms with Gasteiger partial charge in [-0.25, -0.2) is 21.6 Å². The summed E-state index contributed by atoms with van der Waals surface area (Å²) >= 11 is 0. The molecule has 2 aromatic rings. The van der Waals surface area contributed by atoms with Gasteiger partial charge in [0.2, 0.25) is 10.0 Å². The molecule has 0 bridgehead atoms. The molecule has 0 saturated heterocycles. The Morgan fingerprint density at radius 1 is 0.952 bits per heavy atom. The van der Waals surface area contributed by atoms with E-state index in [1.807, 2.05) is 0 Å². The van der Waals surface area contributed by atoms with Crippen molar-refractivity contribution in [2.45, 2.75) is 11.4 Å². The molecule has 0 aliphatic carbocycles. The van der Waals surface area contributed by atoms with Gasteiger partial charge in [0, 0.05) is 25.2 Å². The first-order chi connectivity index (χ1) is 9.80. The lowest BCUT2D eigenvalue weighted by molar-refractivity contribution is 0.454. The number of hydrogen-bond donors (Lipinski definition) is 0. The lowest BCUT2D eigenvalue weighted by atomic mass is 10.2. The lowest BCUT2D eigenvalue weighted by Crippen LogP contribution is -2.27. The summed E-state index contributed by atoms with van der Waals surface area (Å²) in [5.74, 6) is -2.11. The highest BCUT2D eigenvalue weighted by Crippen LogP contribution is 2.19. The van der Waals surface area contributed by atoms with Gasteiger partial charge >= 0.3 is 0 Å². The first-order valence-corrected chi connectivity index (χ1v) is 7.40. The van der Waals surface area contributed by atoms with Crippen molar-refractivity contribution >= 4 is 10.0 Å². The fourth-order valence-electron chi connectivity index (χ4n) is 1.76. The summed E-state index contributed by atoms with van der Waals surface area (Å²) < 4.78 is 64.6. The van der Waals surface area contributed by atoms with Gasteiger partial charge in [0.05, 0.1) is 4.90 Å². The molecule has 2 rings (SSSR count). The summed E-state index contributed by atoms with van der Waals surface area (Å²) in [5, 5.41) is 0. The predicted octanol–water partition coefficient (Wildman–Crippen LogP) is 2.92. The average Bonchev–Trinajstić information content (AvgIpc) is 2.42. The molecule has 0 saturated carbocycles. The zero-order valence-electron chi connectivity index (χ0n) is 11.1. The Balaban J connectivity index is 2.26. The van der Waals surface area contributed by atoms with Crippen molar-refractivity contribution in [3.8, 4) is 0 Å². The molecule has 0 aromatic heterocycles. The Kier molecular flexibility index (Phi) is 4.34. The number of nitrogens with zero attached hydrogens (tertiary/aromatic N) is 1. The maximum Gasteiger partial charge on any atom is 0.243 e. The van der Waals surface area contributed by atoms with Crippen LogP contribution in [0.4, 0.5) is 13.2 Å². The highest BCUT2D eigenvalue weighted by Gasteiger charge is 2.22. The highest BCUT2D eigenvalue weighted by atomic mass is 32.2. The molecule has 0 aliphatic heterocycles. The summed E-state index contributed by atoms with van der Waals surface area (Å²) in [6.45, 7) is -0.258. The van der Waals surface area contributed by atoms with Gasteiger partial charge in [-0.1, -0.05) is 6.07 Å². The van der Waals surface area contributed by atoms with Gasteiger partial charge in [-0.2, -0.15) is 4.31 Å². The van der Waals surface area contributed by atoms with Crippen LogP contribution in [0.25, 0.3) is 0 Å². The van der Waals surface area contributed by atoms with E-state index < -0.39 is 27.5 Å². The third-order valence-electron chi connectivity index (χ3n) is 2.93. The Bertz CT molecular complexity index is 745. The Labute approximate surface area is 120 Å². The van der Waals surface area contributed by atoms with Crippen molar-refractivity contribution in [3.05, 3.63) is 65.5 Å². The molecule has 3 nitrogen and oxygen atoms in total. The van der Waals surface area contributed by atoms with E-state index in [0.29, 0.717) is 6.07 Å². The second kappa shape index (κ2) is 5.87. The van der Waals surface area contributed by atoms with Crippen molar-refractivity contribution < 1.29 is 21.6 Å². The van der Waals surface area contributed by atoms with Crippen LogP contribution in [0, 0.1) is 17.5 Å². The van der Waals surface area contributed by atoms with Gasteiger partial charge in [-0.15, -0.1) is 0 Å². The molecular formula is C14H12F3NO2S. The maximum absolute atomic E-state index is 13.5. The van der Waals surface area contributed by atoms with E-state index in [2.05, 4.69) is 0 Å². The van der Waals surface area contributed by atoms with Gasteiger partial charge in [-0.3, -0.25) is 0 Å². The summed E-state index contributed by atoms with van der Waals surface area (Å²) in [7, 11) is -2.61. The third kappa shape index (κ3) is 3.43. The minimum Gasteiger partial charge on any atom is -0.207 e. The number of sulfonamides is 1. The molecule has 7 heteroatoms. The van der Waals surface area contributed by atoms with Crippen LogP contribution in [-0.4, -0.2) is 19.8 Å². The standard InChI is InChI=1S/C14H12F3NO2S/c1-18(9-10-2-3-12(16)8-14(10)17)21(19,20)13-6-4-11(15)5-7-13/h2-8H,9H2,1H3. The van der Waals surface area contributed by atoms with Crippen molar-refractivity contribution in [3.63, 3.8) is 0 Å². The first-order valence-electron chi connectivity index (χ1n) is 5.96. The van der Waals surface area contributed by atoms with Crippen LogP contribution in [0.15, 0.2) is 47.4 Å². The molecule has 0 unspecified atom stereocenters. The van der Waals surface area contributed by atoms with E-state index >= 15 is 0 Å². The maximum atomic E-state index is 13.5. The molecule has 0 spiro atoms. The second-order valence-corrected chi connectivity index (χ2v) is 6.50. The molecule has 0 radical (unpaired) electrons. The third-order valence-corrected chi connectivity index (χ3v) is 4.75. The molecule has 0 N–H and O–H groups in total. The number of benzene rings is 2. The van der Waals surface area contributed by atoms with Crippen LogP contribution >= 0.6 is 0 Å². The summed E-state index contributed by atoms with van der Waals surface area (Å²) in [4.78, 5) is -0.103. The molecular weight excluding hydrogens is 303 g/mol.